The monoisotopic (exact) mass is 277 g/mol. The maximum atomic E-state index is 9.55. The Labute approximate surface area is 120 Å². The fraction of sp³-hybridized carbons (Fsp3) is 0.533. The topological polar surface area (TPSA) is 30.3 Å². The molecule has 1 aliphatic heterocycles. The molecule has 0 aliphatic carbocycles. The smallest absolute Gasteiger partial charge is 0.124 e. The van der Waals surface area contributed by atoms with Gasteiger partial charge in [0.25, 0.3) is 0 Å². The van der Waals surface area contributed by atoms with Crippen LogP contribution in [-0.2, 0) is 0 Å². The van der Waals surface area contributed by atoms with Crippen molar-refractivity contribution in [3.63, 3.8) is 0 Å². The van der Waals surface area contributed by atoms with Crippen LogP contribution in [0.2, 0.25) is 5.02 Å². The maximum Gasteiger partial charge on any atom is 0.124 e. The largest absolute Gasteiger partial charge is 0.304 e. The van der Waals surface area contributed by atoms with Crippen molar-refractivity contribution in [3.05, 3.63) is 34.9 Å². The van der Waals surface area contributed by atoms with Crippen LogP contribution in [0.3, 0.4) is 0 Å². The third-order valence-corrected chi connectivity index (χ3v) is 4.06. The number of hydrogen-bond acceptors (Lipinski definition) is 3. The first kappa shape index (κ1) is 14.3. The van der Waals surface area contributed by atoms with E-state index in [0.29, 0.717) is 11.1 Å². The Morgan fingerprint density at radius 2 is 2.26 bits per heavy atom. The Morgan fingerprint density at radius 1 is 1.47 bits per heavy atom. The van der Waals surface area contributed by atoms with E-state index in [1.54, 1.807) is 0 Å². The molecular weight excluding hydrogens is 258 g/mol. The molecule has 0 spiro atoms. The van der Waals surface area contributed by atoms with Crippen LogP contribution in [0.15, 0.2) is 24.3 Å². The summed E-state index contributed by atoms with van der Waals surface area (Å²) < 4.78 is 0. The van der Waals surface area contributed by atoms with Crippen LogP contribution in [0.5, 0.6) is 0 Å². The lowest BCUT2D eigenvalue weighted by molar-refractivity contribution is 0.0676. The summed E-state index contributed by atoms with van der Waals surface area (Å²) in [7, 11) is 2.14. The number of hydrogen-bond donors (Lipinski definition) is 0. The summed E-state index contributed by atoms with van der Waals surface area (Å²) in [5.74, 6) is 0. The molecule has 1 saturated heterocycles. The number of halogens is 1. The van der Waals surface area contributed by atoms with Gasteiger partial charge in [-0.25, -0.2) is 0 Å². The molecule has 0 saturated carbocycles. The molecule has 1 aromatic rings. The van der Waals surface area contributed by atoms with Gasteiger partial charge >= 0.3 is 0 Å². The molecule has 2 rings (SSSR count). The molecule has 0 N–H and O–H groups in total. The second-order valence-corrected chi connectivity index (χ2v) is 5.59. The third-order valence-electron chi connectivity index (χ3n) is 3.82. The second-order valence-electron chi connectivity index (χ2n) is 5.15. The first-order valence-electron chi connectivity index (χ1n) is 6.75. The Bertz CT molecular complexity index is 469. The quantitative estimate of drug-likeness (QED) is 0.851. The highest BCUT2D eigenvalue weighted by molar-refractivity contribution is 6.30. The lowest BCUT2D eigenvalue weighted by atomic mass is 10.0. The number of nitriles is 1. The number of benzene rings is 1. The molecule has 0 bridgehead atoms. The summed E-state index contributed by atoms with van der Waals surface area (Å²) in [6.07, 6.45) is 1.06. The van der Waals surface area contributed by atoms with E-state index in [9.17, 15) is 5.26 Å². The molecule has 0 aromatic heterocycles. The molecular formula is C15H20ClN3. The molecule has 3 nitrogen and oxygen atoms in total. The average molecular weight is 278 g/mol. The average Bonchev–Trinajstić information content (AvgIpc) is 2.41. The van der Waals surface area contributed by atoms with Crippen molar-refractivity contribution in [2.45, 2.75) is 25.4 Å². The van der Waals surface area contributed by atoms with Crippen molar-refractivity contribution in [2.24, 2.45) is 0 Å². The fourth-order valence-corrected chi connectivity index (χ4v) is 2.94. The lowest BCUT2D eigenvalue weighted by Gasteiger charge is -2.42. The van der Waals surface area contributed by atoms with Gasteiger partial charge in [0.05, 0.1) is 6.07 Å². The zero-order valence-electron chi connectivity index (χ0n) is 11.5. The number of nitrogens with zero attached hydrogens (tertiary/aromatic N) is 3. The lowest BCUT2D eigenvalue weighted by Crippen LogP contribution is -2.52. The first-order chi connectivity index (χ1) is 9.15. The third kappa shape index (κ3) is 3.27. The number of rotatable bonds is 3. The Balaban J connectivity index is 2.24. The van der Waals surface area contributed by atoms with Crippen molar-refractivity contribution >= 4 is 11.6 Å². The molecule has 19 heavy (non-hydrogen) atoms. The van der Waals surface area contributed by atoms with Gasteiger partial charge in [0.15, 0.2) is 0 Å². The van der Waals surface area contributed by atoms with Crippen LogP contribution in [0, 0.1) is 11.3 Å². The van der Waals surface area contributed by atoms with Gasteiger partial charge in [-0.1, -0.05) is 30.7 Å². The molecule has 1 aromatic carbocycles. The number of piperazine rings is 1. The van der Waals surface area contributed by atoms with E-state index >= 15 is 0 Å². The van der Waals surface area contributed by atoms with Gasteiger partial charge in [0, 0.05) is 30.7 Å². The highest BCUT2D eigenvalue weighted by Crippen LogP contribution is 2.27. The molecule has 4 heteroatoms. The normalized spacial score (nSPS) is 22.9. The van der Waals surface area contributed by atoms with Gasteiger partial charge in [-0.3, -0.25) is 4.90 Å². The Kier molecular flexibility index (Phi) is 4.81. The van der Waals surface area contributed by atoms with Crippen molar-refractivity contribution in [1.82, 2.24) is 9.80 Å². The first-order valence-corrected chi connectivity index (χ1v) is 7.13. The summed E-state index contributed by atoms with van der Waals surface area (Å²) in [5, 5.41) is 10.2. The Morgan fingerprint density at radius 3 is 2.89 bits per heavy atom. The summed E-state index contributed by atoms with van der Waals surface area (Å²) in [5.41, 5.74) is 0.998. The van der Waals surface area contributed by atoms with Gasteiger partial charge < -0.3 is 4.90 Å². The number of likely N-dealkylation sites (N-methyl/N-ethyl adjacent to an activating group) is 1. The fourth-order valence-electron chi connectivity index (χ4n) is 2.75. The van der Waals surface area contributed by atoms with Crippen LogP contribution in [0.25, 0.3) is 0 Å². The van der Waals surface area contributed by atoms with Gasteiger partial charge in [-0.2, -0.15) is 5.26 Å². The maximum absolute atomic E-state index is 9.55. The van der Waals surface area contributed by atoms with Crippen LogP contribution < -0.4 is 0 Å². The summed E-state index contributed by atoms with van der Waals surface area (Å²) in [4.78, 5) is 4.64. The second kappa shape index (κ2) is 6.38. The van der Waals surface area contributed by atoms with Crippen LogP contribution in [0.4, 0.5) is 0 Å². The van der Waals surface area contributed by atoms with Gasteiger partial charge in [0.2, 0.25) is 0 Å². The highest BCUT2D eigenvalue weighted by Gasteiger charge is 2.30. The molecule has 2 atom stereocenters. The molecule has 102 valence electrons. The zero-order valence-corrected chi connectivity index (χ0v) is 12.3. The predicted molar refractivity (Wildman–Crippen MR) is 78.1 cm³/mol. The summed E-state index contributed by atoms with van der Waals surface area (Å²) in [6, 6.07) is 10.3. The van der Waals surface area contributed by atoms with Crippen LogP contribution >= 0.6 is 11.6 Å². The van der Waals surface area contributed by atoms with E-state index in [1.165, 1.54) is 0 Å². The summed E-state index contributed by atoms with van der Waals surface area (Å²) in [6.45, 7) is 5.15. The van der Waals surface area contributed by atoms with Crippen molar-refractivity contribution in [2.75, 3.05) is 26.7 Å². The van der Waals surface area contributed by atoms with E-state index in [-0.39, 0.29) is 6.04 Å². The van der Waals surface area contributed by atoms with Crippen molar-refractivity contribution in [1.29, 1.82) is 5.26 Å². The molecule has 1 aliphatic rings. The van der Waals surface area contributed by atoms with E-state index in [4.69, 9.17) is 11.6 Å². The molecule has 0 radical (unpaired) electrons. The van der Waals surface area contributed by atoms with E-state index in [0.717, 1.165) is 31.6 Å². The molecule has 0 amide bonds. The molecule has 1 fully saturated rings. The van der Waals surface area contributed by atoms with E-state index < -0.39 is 0 Å². The van der Waals surface area contributed by atoms with Crippen molar-refractivity contribution in [3.8, 4) is 6.07 Å². The predicted octanol–water partition coefficient (Wildman–Crippen LogP) is 2.93. The molecule has 1 heterocycles. The zero-order chi connectivity index (χ0) is 13.8. The highest BCUT2D eigenvalue weighted by atomic mass is 35.5. The summed E-state index contributed by atoms with van der Waals surface area (Å²) >= 11 is 6.04. The SMILES string of the molecule is CCC1CN(C)CCN1C(C#N)c1cccc(Cl)c1. The van der Waals surface area contributed by atoms with Crippen LogP contribution in [0.1, 0.15) is 24.9 Å². The molecule has 2 unspecified atom stereocenters. The van der Waals surface area contributed by atoms with Gasteiger partial charge in [-0.05, 0) is 31.2 Å². The van der Waals surface area contributed by atoms with Crippen LogP contribution in [-0.4, -0.2) is 42.5 Å². The minimum Gasteiger partial charge on any atom is -0.304 e. The van der Waals surface area contributed by atoms with E-state index in [2.05, 4.69) is 29.8 Å². The van der Waals surface area contributed by atoms with Gasteiger partial charge in [-0.15, -0.1) is 0 Å². The minimum absolute atomic E-state index is 0.197. The van der Waals surface area contributed by atoms with Crippen molar-refractivity contribution < 1.29 is 0 Å². The Hall–Kier alpha value is -1.08. The van der Waals surface area contributed by atoms with E-state index in [1.807, 2.05) is 24.3 Å². The minimum atomic E-state index is -0.197. The van der Waals surface area contributed by atoms with Gasteiger partial charge in [0.1, 0.15) is 6.04 Å². The standard InChI is InChI=1S/C15H20ClN3/c1-3-14-11-18(2)7-8-19(14)15(10-17)12-5-4-6-13(16)9-12/h4-6,9,14-15H,3,7-8,11H2,1-2H3.